The molecule has 1 aliphatic rings. The van der Waals surface area contributed by atoms with Gasteiger partial charge in [0.05, 0.1) is 19.8 Å². The largest absolute Gasteiger partial charge is 0.478 e. The Labute approximate surface area is 185 Å². The van der Waals surface area contributed by atoms with E-state index in [1.54, 1.807) is 6.20 Å². The van der Waals surface area contributed by atoms with Crippen LogP contribution in [-0.4, -0.2) is 88.5 Å². The van der Waals surface area contributed by atoms with Crippen LogP contribution >= 0.6 is 0 Å². The molecule has 0 saturated carbocycles. The molecule has 4 N–H and O–H groups in total. The summed E-state index contributed by atoms with van der Waals surface area (Å²) in [5.74, 6) is -0.0964. The molecule has 10 nitrogen and oxygen atoms in total. The fraction of sp³-hybridized carbons (Fsp3) is 0.545. The molecule has 1 unspecified atom stereocenters. The van der Waals surface area contributed by atoms with E-state index in [9.17, 15) is 20.1 Å². The van der Waals surface area contributed by atoms with E-state index in [1.165, 1.54) is 0 Å². The Kier molecular flexibility index (Phi) is 9.15. The van der Waals surface area contributed by atoms with Crippen LogP contribution < -0.4 is 4.74 Å². The molecule has 176 valence electrons. The lowest BCUT2D eigenvalue weighted by Crippen LogP contribution is -2.59. The number of pyridine rings is 1. The zero-order valence-electron chi connectivity index (χ0n) is 17.6. The maximum atomic E-state index is 11.8. The Bertz CT molecular complexity index is 864. The number of hydrogen-bond donors (Lipinski definition) is 4. The molecule has 1 fully saturated rings. The number of carbonyl (C=O) groups is 1. The Hall–Kier alpha value is -2.34. The minimum Gasteiger partial charge on any atom is -0.478 e. The summed E-state index contributed by atoms with van der Waals surface area (Å²) in [5, 5.41) is 40.7. The molecule has 32 heavy (non-hydrogen) atoms. The second-order valence-electron chi connectivity index (χ2n) is 7.50. The molecule has 1 saturated heterocycles. The third-order valence-electron chi connectivity index (χ3n) is 5.14. The van der Waals surface area contributed by atoms with Gasteiger partial charge in [-0.1, -0.05) is 24.3 Å². The van der Waals surface area contributed by atoms with Gasteiger partial charge in [-0.15, -0.1) is 0 Å². The van der Waals surface area contributed by atoms with Crippen LogP contribution in [0.3, 0.4) is 0 Å². The van der Waals surface area contributed by atoms with Crippen molar-refractivity contribution in [3.8, 4) is 5.88 Å². The first-order valence-corrected chi connectivity index (χ1v) is 10.5. The summed E-state index contributed by atoms with van der Waals surface area (Å²) in [5.41, 5.74) is 0. The molecule has 0 bridgehead atoms. The number of carbonyl (C=O) groups excluding carboxylic acids is 1. The number of aliphatic hydroxyl groups excluding tert-OH is 4. The number of unbranched alkanes of at least 4 members (excludes halogenated alkanes) is 2. The zero-order valence-corrected chi connectivity index (χ0v) is 17.6. The summed E-state index contributed by atoms with van der Waals surface area (Å²) in [7, 11) is 0. The maximum Gasteiger partial charge on any atom is 0.332 e. The average Bonchev–Trinajstić information content (AvgIpc) is 2.80. The highest BCUT2D eigenvalue weighted by Gasteiger charge is 2.44. The molecule has 2 aromatic rings. The van der Waals surface area contributed by atoms with Gasteiger partial charge in [-0.05, 0) is 24.6 Å². The van der Waals surface area contributed by atoms with Crippen molar-refractivity contribution in [3.63, 3.8) is 0 Å². The highest BCUT2D eigenvalue weighted by Crippen LogP contribution is 2.22. The summed E-state index contributed by atoms with van der Waals surface area (Å²) in [6.45, 7) is -0.399. The van der Waals surface area contributed by atoms with Gasteiger partial charge in [0.25, 0.3) is 0 Å². The standard InChI is InChI=1S/C22H29NO9/c24-12-16-19(26)21(20(27)22(28)32-16)31-13-18(25)30-9-5-1-4-8-29-17-10-14-6-2-3-7-15(14)11-23-17/h2-3,6-7,10-11,16,19-22,24,26-28H,1,4-5,8-9,12-13H2/t16-,19-,20-,21+,22?/m1/s1. The van der Waals surface area contributed by atoms with Crippen LogP contribution in [0.4, 0.5) is 0 Å². The average molecular weight is 451 g/mol. The molecular formula is C22H29NO9. The van der Waals surface area contributed by atoms with Crippen molar-refractivity contribution in [2.45, 2.75) is 50.0 Å². The second kappa shape index (κ2) is 12.0. The van der Waals surface area contributed by atoms with Gasteiger partial charge < -0.3 is 39.4 Å². The molecule has 5 atom stereocenters. The van der Waals surface area contributed by atoms with Crippen molar-refractivity contribution >= 4 is 16.7 Å². The Morgan fingerprint density at radius 3 is 2.56 bits per heavy atom. The summed E-state index contributed by atoms with van der Waals surface area (Å²) in [6, 6.07) is 9.80. The first-order valence-electron chi connectivity index (χ1n) is 10.5. The quantitative estimate of drug-likeness (QED) is 0.275. The second-order valence-corrected chi connectivity index (χ2v) is 7.50. The third-order valence-corrected chi connectivity index (χ3v) is 5.14. The van der Waals surface area contributed by atoms with E-state index in [1.807, 2.05) is 30.3 Å². The van der Waals surface area contributed by atoms with Crippen molar-refractivity contribution in [2.24, 2.45) is 0 Å². The molecule has 1 aromatic carbocycles. The van der Waals surface area contributed by atoms with E-state index >= 15 is 0 Å². The van der Waals surface area contributed by atoms with Gasteiger partial charge >= 0.3 is 5.97 Å². The number of nitrogens with zero attached hydrogens (tertiary/aromatic N) is 1. The number of esters is 1. The fourth-order valence-corrected chi connectivity index (χ4v) is 3.36. The van der Waals surface area contributed by atoms with Crippen LogP contribution in [0.1, 0.15) is 19.3 Å². The molecule has 2 heterocycles. The van der Waals surface area contributed by atoms with E-state index < -0.39 is 49.9 Å². The number of fused-ring (bicyclic) bond motifs is 1. The SMILES string of the molecule is O=C(CO[C@H]1[C@H](O)[C@@H](CO)OC(O)[C@@H]1O)OCCCCCOc1cc2ccccc2cn1. The highest BCUT2D eigenvalue weighted by molar-refractivity contribution is 5.82. The molecular weight excluding hydrogens is 422 g/mol. The number of rotatable bonds is 11. The van der Waals surface area contributed by atoms with Crippen LogP contribution in [0.25, 0.3) is 10.8 Å². The summed E-state index contributed by atoms with van der Waals surface area (Å²) in [4.78, 5) is 16.1. The lowest BCUT2D eigenvalue weighted by atomic mass is 9.99. The lowest BCUT2D eigenvalue weighted by Gasteiger charge is -2.39. The lowest BCUT2D eigenvalue weighted by molar-refractivity contribution is -0.294. The fourth-order valence-electron chi connectivity index (χ4n) is 3.36. The minimum atomic E-state index is -1.64. The van der Waals surface area contributed by atoms with Crippen molar-refractivity contribution in [1.29, 1.82) is 0 Å². The molecule has 0 spiro atoms. The monoisotopic (exact) mass is 451 g/mol. The van der Waals surface area contributed by atoms with Gasteiger partial charge in [-0.25, -0.2) is 9.78 Å². The van der Waals surface area contributed by atoms with E-state index in [0.717, 1.165) is 23.6 Å². The van der Waals surface area contributed by atoms with Crippen molar-refractivity contribution in [2.75, 3.05) is 26.4 Å². The number of hydrogen-bond acceptors (Lipinski definition) is 10. The smallest absolute Gasteiger partial charge is 0.332 e. The van der Waals surface area contributed by atoms with Gasteiger partial charge in [0.1, 0.15) is 31.0 Å². The molecule has 0 amide bonds. The van der Waals surface area contributed by atoms with Crippen LogP contribution in [0.5, 0.6) is 5.88 Å². The van der Waals surface area contributed by atoms with Crippen LogP contribution in [0, 0.1) is 0 Å². The zero-order chi connectivity index (χ0) is 22.9. The van der Waals surface area contributed by atoms with Crippen molar-refractivity contribution in [1.82, 2.24) is 4.98 Å². The molecule has 0 radical (unpaired) electrons. The van der Waals surface area contributed by atoms with Gasteiger partial charge in [0.15, 0.2) is 6.29 Å². The summed E-state index contributed by atoms with van der Waals surface area (Å²) in [6.07, 6.45) is -3.05. The van der Waals surface area contributed by atoms with Gasteiger partial charge in [-0.3, -0.25) is 0 Å². The summed E-state index contributed by atoms with van der Waals surface area (Å²) >= 11 is 0. The molecule has 1 aliphatic heterocycles. The minimum absolute atomic E-state index is 0.192. The van der Waals surface area contributed by atoms with Crippen LogP contribution in [-0.2, 0) is 19.0 Å². The van der Waals surface area contributed by atoms with E-state index in [-0.39, 0.29) is 6.61 Å². The number of aliphatic hydroxyl groups is 4. The Balaban J connectivity index is 1.27. The number of ether oxygens (including phenoxy) is 4. The van der Waals surface area contributed by atoms with Crippen LogP contribution in [0.2, 0.25) is 0 Å². The normalized spacial score (nSPS) is 25.6. The van der Waals surface area contributed by atoms with Crippen LogP contribution in [0.15, 0.2) is 36.5 Å². The first-order chi connectivity index (χ1) is 15.5. The van der Waals surface area contributed by atoms with Crippen molar-refractivity contribution in [3.05, 3.63) is 36.5 Å². The first kappa shape index (κ1) is 24.3. The van der Waals surface area contributed by atoms with Gasteiger partial charge in [-0.2, -0.15) is 0 Å². The Morgan fingerprint density at radius 2 is 1.78 bits per heavy atom. The third kappa shape index (κ3) is 6.58. The predicted molar refractivity (Wildman–Crippen MR) is 112 cm³/mol. The van der Waals surface area contributed by atoms with E-state index in [2.05, 4.69) is 4.98 Å². The van der Waals surface area contributed by atoms with Crippen molar-refractivity contribution < 1.29 is 44.2 Å². The number of benzene rings is 1. The molecule has 1 aromatic heterocycles. The van der Waals surface area contributed by atoms with Gasteiger partial charge in [0.2, 0.25) is 5.88 Å². The highest BCUT2D eigenvalue weighted by atomic mass is 16.6. The Morgan fingerprint density at radius 1 is 1.03 bits per heavy atom. The van der Waals surface area contributed by atoms with E-state index in [0.29, 0.717) is 18.9 Å². The topological polar surface area (TPSA) is 148 Å². The van der Waals surface area contributed by atoms with E-state index in [4.69, 9.17) is 24.1 Å². The molecule has 3 rings (SSSR count). The molecule has 0 aliphatic carbocycles. The number of aromatic nitrogens is 1. The maximum absolute atomic E-state index is 11.8. The molecule has 10 heteroatoms. The summed E-state index contributed by atoms with van der Waals surface area (Å²) < 4.78 is 20.8. The van der Waals surface area contributed by atoms with Gasteiger partial charge in [0, 0.05) is 17.6 Å². The predicted octanol–water partition coefficient (Wildman–Crippen LogP) is 0.144.